The number of halogens is 1. The van der Waals surface area contributed by atoms with Crippen molar-refractivity contribution in [2.24, 2.45) is 0 Å². The smallest absolute Gasteiger partial charge is 0.238 e. The van der Waals surface area contributed by atoms with Crippen LogP contribution in [-0.4, -0.2) is 25.1 Å². The largest absolute Gasteiger partial charge is 0.491 e. The number of rotatable bonds is 7. The molecule has 1 unspecified atom stereocenters. The van der Waals surface area contributed by atoms with Crippen LogP contribution in [0, 0.1) is 5.82 Å². The van der Waals surface area contributed by atoms with Gasteiger partial charge in [-0.3, -0.25) is 4.79 Å². The van der Waals surface area contributed by atoms with Crippen LogP contribution in [0.2, 0.25) is 0 Å². The first kappa shape index (κ1) is 15.4. The van der Waals surface area contributed by atoms with Crippen molar-refractivity contribution in [1.29, 1.82) is 0 Å². The average molecular weight is 268 g/mol. The summed E-state index contributed by atoms with van der Waals surface area (Å²) in [6.45, 7) is 6.45. The summed E-state index contributed by atoms with van der Waals surface area (Å²) in [4.78, 5) is 11.6. The van der Waals surface area contributed by atoms with Crippen molar-refractivity contribution >= 4 is 11.6 Å². The van der Waals surface area contributed by atoms with Gasteiger partial charge in [-0.2, -0.15) is 0 Å². The molecule has 0 saturated heterocycles. The van der Waals surface area contributed by atoms with Gasteiger partial charge in [0.05, 0.1) is 13.2 Å². The first-order valence-electron chi connectivity index (χ1n) is 6.52. The molecule has 0 aliphatic rings. The number of carbonyl (C=O) groups is 1. The summed E-state index contributed by atoms with van der Waals surface area (Å²) in [5, 5.41) is 5.70. The van der Waals surface area contributed by atoms with Crippen molar-refractivity contribution in [1.82, 2.24) is 5.32 Å². The predicted octanol–water partition coefficient (Wildman–Crippen LogP) is 2.55. The number of carbonyl (C=O) groups excluding carboxylic acids is 1. The highest BCUT2D eigenvalue weighted by Crippen LogP contribution is 2.20. The lowest BCUT2D eigenvalue weighted by Gasteiger charge is -2.12. The standard InChI is InChI=1S/C14H21FN2O2/c1-4-10(3)16-9-14(18)17-11-6-7-13(19-5-2)12(15)8-11/h6-8,10,16H,4-5,9H2,1-3H3,(H,17,18). The lowest BCUT2D eigenvalue weighted by atomic mass is 10.2. The van der Waals surface area contributed by atoms with Crippen LogP contribution >= 0.6 is 0 Å². The Morgan fingerprint density at radius 1 is 1.42 bits per heavy atom. The van der Waals surface area contributed by atoms with Crippen molar-refractivity contribution in [3.05, 3.63) is 24.0 Å². The number of amides is 1. The molecule has 1 aromatic rings. The predicted molar refractivity (Wildman–Crippen MR) is 74.0 cm³/mol. The van der Waals surface area contributed by atoms with Gasteiger partial charge in [0, 0.05) is 17.8 Å². The van der Waals surface area contributed by atoms with E-state index in [-0.39, 0.29) is 24.2 Å². The molecule has 0 aliphatic heterocycles. The second kappa shape index (κ2) is 7.74. The minimum atomic E-state index is -0.477. The molecule has 0 fully saturated rings. The van der Waals surface area contributed by atoms with Gasteiger partial charge in [0.1, 0.15) is 0 Å². The Balaban J connectivity index is 2.53. The Kier molecular flexibility index (Phi) is 6.29. The minimum absolute atomic E-state index is 0.191. The summed E-state index contributed by atoms with van der Waals surface area (Å²) in [7, 11) is 0. The third-order valence-electron chi connectivity index (χ3n) is 2.74. The molecule has 1 rings (SSSR count). The van der Waals surface area contributed by atoms with E-state index in [1.54, 1.807) is 13.0 Å². The third-order valence-corrected chi connectivity index (χ3v) is 2.74. The number of hydrogen-bond donors (Lipinski definition) is 2. The van der Waals surface area contributed by atoms with E-state index < -0.39 is 5.82 Å². The number of ether oxygens (including phenoxy) is 1. The number of anilines is 1. The van der Waals surface area contributed by atoms with Crippen molar-refractivity contribution < 1.29 is 13.9 Å². The van der Waals surface area contributed by atoms with E-state index >= 15 is 0 Å². The second-order valence-corrected chi connectivity index (χ2v) is 4.32. The molecular weight excluding hydrogens is 247 g/mol. The van der Waals surface area contributed by atoms with Gasteiger partial charge < -0.3 is 15.4 Å². The topological polar surface area (TPSA) is 50.4 Å². The molecule has 19 heavy (non-hydrogen) atoms. The molecule has 106 valence electrons. The maximum atomic E-state index is 13.6. The Morgan fingerprint density at radius 3 is 2.74 bits per heavy atom. The van der Waals surface area contributed by atoms with Crippen molar-refractivity contribution in [2.45, 2.75) is 33.2 Å². The normalized spacial score (nSPS) is 12.0. The average Bonchev–Trinajstić information content (AvgIpc) is 2.39. The maximum absolute atomic E-state index is 13.6. The quantitative estimate of drug-likeness (QED) is 0.799. The maximum Gasteiger partial charge on any atom is 0.238 e. The summed E-state index contributed by atoms with van der Waals surface area (Å²) in [5.74, 6) is -0.475. The van der Waals surface area contributed by atoms with Gasteiger partial charge in [0.25, 0.3) is 0 Å². The SMILES string of the molecule is CCOc1ccc(NC(=O)CNC(C)CC)cc1F. The highest BCUT2D eigenvalue weighted by Gasteiger charge is 2.08. The van der Waals surface area contributed by atoms with E-state index in [0.29, 0.717) is 12.3 Å². The van der Waals surface area contributed by atoms with Crippen LogP contribution in [0.1, 0.15) is 27.2 Å². The molecule has 0 bridgehead atoms. The van der Waals surface area contributed by atoms with Crippen LogP contribution < -0.4 is 15.4 Å². The van der Waals surface area contributed by atoms with E-state index in [4.69, 9.17) is 4.74 Å². The van der Waals surface area contributed by atoms with Gasteiger partial charge in [-0.25, -0.2) is 4.39 Å². The van der Waals surface area contributed by atoms with E-state index in [2.05, 4.69) is 10.6 Å². The van der Waals surface area contributed by atoms with E-state index in [1.807, 2.05) is 13.8 Å². The fraction of sp³-hybridized carbons (Fsp3) is 0.500. The summed E-state index contributed by atoms with van der Waals surface area (Å²) in [6, 6.07) is 4.67. The van der Waals surface area contributed by atoms with Crippen LogP contribution in [-0.2, 0) is 4.79 Å². The summed E-state index contributed by atoms with van der Waals surface area (Å²) in [6.07, 6.45) is 0.949. The van der Waals surface area contributed by atoms with Crippen LogP contribution in [0.15, 0.2) is 18.2 Å². The molecule has 4 nitrogen and oxygen atoms in total. The Labute approximate surface area is 113 Å². The molecule has 5 heteroatoms. The molecule has 1 atom stereocenters. The zero-order valence-electron chi connectivity index (χ0n) is 11.6. The summed E-state index contributed by atoms with van der Waals surface area (Å²) < 4.78 is 18.7. The highest BCUT2D eigenvalue weighted by atomic mass is 19.1. The van der Waals surface area contributed by atoms with Gasteiger partial charge in [-0.1, -0.05) is 6.92 Å². The van der Waals surface area contributed by atoms with Gasteiger partial charge in [0.2, 0.25) is 5.91 Å². The van der Waals surface area contributed by atoms with Gasteiger partial charge in [0.15, 0.2) is 11.6 Å². The van der Waals surface area contributed by atoms with Crippen LogP contribution in [0.3, 0.4) is 0 Å². The molecule has 0 radical (unpaired) electrons. The molecule has 0 spiro atoms. The number of hydrogen-bond acceptors (Lipinski definition) is 3. The highest BCUT2D eigenvalue weighted by molar-refractivity contribution is 5.92. The minimum Gasteiger partial charge on any atom is -0.491 e. The Morgan fingerprint density at radius 2 is 2.16 bits per heavy atom. The molecular formula is C14H21FN2O2. The fourth-order valence-corrected chi connectivity index (χ4v) is 1.47. The molecule has 2 N–H and O–H groups in total. The number of benzene rings is 1. The Hall–Kier alpha value is -1.62. The van der Waals surface area contributed by atoms with E-state index in [1.165, 1.54) is 12.1 Å². The van der Waals surface area contributed by atoms with Crippen molar-refractivity contribution in [2.75, 3.05) is 18.5 Å². The fourth-order valence-electron chi connectivity index (χ4n) is 1.47. The van der Waals surface area contributed by atoms with Gasteiger partial charge >= 0.3 is 0 Å². The van der Waals surface area contributed by atoms with Crippen LogP contribution in [0.25, 0.3) is 0 Å². The first-order valence-corrected chi connectivity index (χ1v) is 6.52. The van der Waals surface area contributed by atoms with E-state index in [0.717, 1.165) is 6.42 Å². The second-order valence-electron chi connectivity index (χ2n) is 4.32. The van der Waals surface area contributed by atoms with Crippen molar-refractivity contribution in [3.8, 4) is 5.75 Å². The third kappa shape index (κ3) is 5.26. The van der Waals surface area contributed by atoms with E-state index in [9.17, 15) is 9.18 Å². The summed E-state index contributed by atoms with van der Waals surface area (Å²) in [5.41, 5.74) is 0.428. The molecule has 0 heterocycles. The molecule has 0 aromatic heterocycles. The van der Waals surface area contributed by atoms with Crippen LogP contribution in [0.4, 0.5) is 10.1 Å². The molecule has 1 amide bonds. The zero-order chi connectivity index (χ0) is 14.3. The number of nitrogens with one attached hydrogen (secondary N) is 2. The molecule has 0 saturated carbocycles. The first-order chi connectivity index (χ1) is 9.06. The zero-order valence-corrected chi connectivity index (χ0v) is 11.6. The Bertz CT molecular complexity index is 424. The lowest BCUT2D eigenvalue weighted by Crippen LogP contribution is -2.33. The summed E-state index contributed by atoms with van der Waals surface area (Å²) >= 11 is 0. The van der Waals surface area contributed by atoms with Crippen LogP contribution in [0.5, 0.6) is 5.75 Å². The van der Waals surface area contributed by atoms with Gasteiger partial charge in [-0.15, -0.1) is 0 Å². The monoisotopic (exact) mass is 268 g/mol. The molecule has 0 aliphatic carbocycles. The lowest BCUT2D eigenvalue weighted by molar-refractivity contribution is -0.115. The molecule has 1 aromatic carbocycles. The van der Waals surface area contributed by atoms with Crippen molar-refractivity contribution in [3.63, 3.8) is 0 Å². The van der Waals surface area contributed by atoms with Gasteiger partial charge in [-0.05, 0) is 32.4 Å².